The van der Waals surface area contributed by atoms with E-state index in [1.54, 1.807) is 7.11 Å². The lowest BCUT2D eigenvalue weighted by Crippen LogP contribution is -2.40. The molecule has 0 saturated carbocycles. The Hall–Kier alpha value is -0.160. The van der Waals surface area contributed by atoms with Gasteiger partial charge in [-0.05, 0) is 33.0 Å². The highest BCUT2D eigenvalue weighted by Gasteiger charge is 2.25. The highest BCUT2D eigenvalue weighted by atomic mass is 16.5. The van der Waals surface area contributed by atoms with E-state index in [9.17, 15) is 0 Å². The van der Waals surface area contributed by atoms with Crippen molar-refractivity contribution in [2.24, 2.45) is 0 Å². The third-order valence-electron chi connectivity index (χ3n) is 3.91. The third-order valence-corrected chi connectivity index (χ3v) is 3.91. The van der Waals surface area contributed by atoms with Crippen molar-refractivity contribution in [3.8, 4) is 0 Å². The van der Waals surface area contributed by atoms with E-state index < -0.39 is 0 Å². The van der Waals surface area contributed by atoms with Crippen LogP contribution in [0.1, 0.15) is 27.2 Å². The van der Waals surface area contributed by atoms with Crippen LogP contribution >= 0.6 is 0 Å². The molecular weight excluding hydrogens is 226 g/mol. The molecule has 1 N–H and O–H groups in total. The summed E-state index contributed by atoms with van der Waals surface area (Å²) < 4.78 is 5.12. The fraction of sp³-hybridized carbons (Fsp3) is 1.00. The summed E-state index contributed by atoms with van der Waals surface area (Å²) >= 11 is 0. The molecule has 108 valence electrons. The molecule has 1 saturated heterocycles. The Kier molecular flexibility index (Phi) is 7.82. The van der Waals surface area contributed by atoms with Crippen LogP contribution in [0.3, 0.4) is 0 Å². The minimum absolute atomic E-state index is 0.455. The molecule has 1 aliphatic heterocycles. The largest absolute Gasteiger partial charge is 0.383 e. The van der Waals surface area contributed by atoms with Gasteiger partial charge < -0.3 is 15.0 Å². The van der Waals surface area contributed by atoms with Crippen LogP contribution in [-0.2, 0) is 4.74 Å². The summed E-state index contributed by atoms with van der Waals surface area (Å²) in [5.41, 5.74) is 0. The van der Waals surface area contributed by atoms with Crippen LogP contribution in [0.5, 0.6) is 0 Å². The van der Waals surface area contributed by atoms with E-state index in [-0.39, 0.29) is 0 Å². The second-order valence-electron chi connectivity index (χ2n) is 5.27. The normalized spacial score (nSPS) is 22.8. The molecule has 0 radical (unpaired) electrons. The van der Waals surface area contributed by atoms with Crippen molar-refractivity contribution in [3.63, 3.8) is 0 Å². The first-order valence-electron chi connectivity index (χ1n) is 7.39. The van der Waals surface area contributed by atoms with E-state index in [4.69, 9.17) is 4.74 Å². The van der Waals surface area contributed by atoms with Gasteiger partial charge in [0, 0.05) is 38.8 Å². The average molecular weight is 257 g/mol. The second kappa shape index (κ2) is 8.86. The van der Waals surface area contributed by atoms with Crippen LogP contribution in [0.2, 0.25) is 0 Å². The monoisotopic (exact) mass is 257 g/mol. The number of nitrogens with one attached hydrogen (secondary N) is 1. The van der Waals surface area contributed by atoms with Gasteiger partial charge in [-0.3, -0.25) is 4.90 Å². The average Bonchev–Trinajstić information content (AvgIpc) is 2.80. The minimum Gasteiger partial charge on any atom is -0.383 e. The Balaban J connectivity index is 2.14. The van der Waals surface area contributed by atoms with Crippen molar-refractivity contribution in [1.29, 1.82) is 0 Å². The van der Waals surface area contributed by atoms with Gasteiger partial charge in [-0.15, -0.1) is 0 Å². The number of likely N-dealkylation sites (N-methyl/N-ethyl adjacent to an activating group) is 1. The molecule has 0 aliphatic carbocycles. The molecule has 0 amide bonds. The van der Waals surface area contributed by atoms with Gasteiger partial charge in [0.15, 0.2) is 0 Å². The van der Waals surface area contributed by atoms with Crippen molar-refractivity contribution in [2.45, 2.75) is 39.3 Å². The Bertz CT molecular complexity index is 209. The predicted molar refractivity (Wildman–Crippen MR) is 77.1 cm³/mol. The molecule has 0 aromatic carbocycles. The summed E-state index contributed by atoms with van der Waals surface area (Å²) in [5, 5.41) is 3.50. The van der Waals surface area contributed by atoms with Gasteiger partial charge in [-0.2, -0.15) is 0 Å². The zero-order valence-corrected chi connectivity index (χ0v) is 12.6. The van der Waals surface area contributed by atoms with E-state index in [0.29, 0.717) is 6.04 Å². The maximum absolute atomic E-state index is 5.12. The molecular formula is C14H31N3O. The molecule has 0 bridgehead atoms. The number of nitrogens with zero attached hydrogens (tertiary/aromatic N) is 2. The third kappa shape index (κ3) is 5.22. The standard InChI is InChI=1S/C14H31N3O/c1-5-17(6-2)14-7-9-16(11-14)10-8-15-13(3)12-18-4/h13-15H,5-12H2,1-4H3. The molecule has 2 atom stereocenters. The van der Waals surface area contributed by atoms with Crippen molar-refractivity contribution in [1.82, 2.24) is 15.1 Å². The number of hydrogen-bond donors (Lipinski definition) is 1. The topological polar surface area (TPSA) is 27.7 Å². The highest BCUT2D eigenvalue weighted by Crippen LogP contribution is 2.14. The summed E-state index contributed by atoms with van der Waals surface area (Å²) in [6.07, 6.45) is 1.33. The van der Waals surface area contributed by atoms with Crippen molar-refractivity contribution >= 4 is 0 Å². The van der Waals surface area contributed by atoms with Gasteiger partial charge in [0.05, 0.1) is 6.61 Å². The summed E-state index contributed by atoms with van der Waals surface area (Å²) in [4.78, 5) is 5.16. The van der Waals surface area contributed by atoms with E-state index in [2.05, 4.69) is 35.9 Å². The number of ether oxygens (including phenoxy) is 1. The van der Waals surface area contributed by atoms with Crippen LogP contribution in [0.4, 0.5) is 0 Å². The lowest BCUT2D eigenvalue weighted by Gasteiger charge is -2.26. The maximum Gasteiger partial charge on any atom is 0.0613 e. The fourth-order valence-corrected chi connectivity index (χ4v) is 2.83. The van der Waals surface area contributed by atoms with Crippen LogP contribution in [0, 0.1) is 0 Å². The molecule has 1 rings (SSSR count). The van der Waals surface area contributed by atoms with Gasteiger partial charge in [-0.1, -0.05) is 13.8 Å². The number of hydrogen-bond acceptors (Lipinski definition) is 4. The van der Waals surface area contributed by atoms with Gasteiger partial charge in [0.2, 0.25) is 0 Å². The summed E-state index contributed by atoms with van der Waals surface area (Å²) in [7, 11) is 1.76. The molecule has 2 unspecified atom stereocenters. The number of likely N-dealkylation sites (tertiary alicyclic amines) is 1. The molecule has 0 aromatic heterocycles. The zero-order valence-electron chi connectivity index (χ0n) is 12.6. The van der Waals surface area contributed by atoms with E-state index >= 15 is 0 Å². The smallest absolute Gasteiger partial charge is 0.0613 e. The molecule has 18 heavy (non-hydrogen) atoms. The molecule has 4 heteroatoms. The SMILES string of the molecule is CCN(CC)C1CCN(CCNC(C)COC)C1. The van der Waals surface area contributed by atoms with E-state index in [0.717, 1.165) is 25.7 Å². The molecule has 0 aromatic rings. The van der Waals surface area contributed by atoms with E-state index in [1.165, 1.54) is 32.6 Å². The maximum atomic E-state index is 5.12. The fourth-order valence-electron chi connectivity index (χ4n) is 2.83. The zero-order chi connectivity index (χ0) is 13.4. The van der Waals surface area contributed by atoms with Crippen molar-refractivity contribution in [3.05, 3.63) is 0 Å². The van der Waals surface area contributed by atoms with Crippen LogP contribution in [-0.4, -0.2) is 74.9 Å². The first-order valence-corrected chi connectivity index (χ1v) is 7.39. The van der Waals surface area contributed by atoms with Crippen molar-refractivity contribution in [2.75, 3.05) is 53.0 Å². The highest BCUT2D eigenvalue weighted by molar-refractivity contribution is 4.83. The van der Waals surface area contributed by atoms with Gasteiger partial charge in [-0.25, -0.2) is 0 Å². The first-order chi connectivity index (χ1) is 8.71. The summed E-state index contributed by atoms with van der Waals surface area (Å²) in [5.74, 6) is 0. The Morgan fingerprint density at radius 1 is 1.39 bits per heavy atom. The van der Waals surface area contributed by atoms with Crippen molar-refractivity contribution < 1.29 is 4.74 Å². The Labute approximate surface area is 113 Å². The first kappa shape index (κ1) is 15.9. The molecule has 0 spiro atoms. The lowest BCUT2D eigenvalue weighted by atomic mass is 10.2. The van der Waals surface area contributed by atoms with Crippen LogP contribution < -0.4 is 5.32 Å². The lowest BCUT2D eigenvalue weighted by molar-refractivity contribution is 0.169. The molecule has 1 fully saturated rings. The molecule has 1 heterocycles. The quantitative estimate of drug-likeness (QED) is 0.668. The Morgan fingerprint density at radius 2 is 2.11 bits per heavy atom. The van der Waals surface area contributed by atoms with Crippen LogP contribution in [0.15, 0.2) is 0 Å². The molecule has 1 aliphatic rings. The number of methoxy groups -OCH3 is 1. The number of rotatable bonds is 9. The molecule has 4 nitrogen and oxygen atoms in total. The van der Waals surface area contributed by atoms with Gasteiger partial charge in [0.1, 0.15) is 0 Å². The Morgan fingerprint density at radius 3 is 2.72 bits per heavy atom. The van der Waals surface area contributed by atoms with Gasteiger partial charge in [0.25, 0.3) is 0 Å². The minimum atomic E-state index is 0.455. The van der Waals surface area contributed by atoms with E-state index in [1.807, 2.05) is 0 Å². The predicted octanol–water partition coefficient (Wildman–Crippen LogP) is 1.03. The van der Waals surface area contributed by atoms with Gasteiger partial charge >= 0.3 is 0 Å². The van der Waals surface area contributed by atoms with Crippen LogP contribution in [0.25, 0.3) is 0 Å². The second-order valence-corrected chi connectivity index (χ2v) is 5.27. The summed E-state index contributed by atoms with van der Waals surface area (Å²) in [6, 6.07) is 1.23. The summed E-state index contributed by atoms with van der Waals surface area (Å²) in [6.45, 7) is 14.6.